The van der Waals surface area contributed by atoms with E-state index < -0.39 is 20.8 Å². The summed E-state index contributed by atoms with van der Waals surface area (Å²) in [6.07, 6.45) is 0. The maximum atomic E-state index is 8.74. The monoisotopic (exact) mass is 288 g/mol. The summed E-state index contributed by atoms with van der Waals surface area (Å²) in [7, 11) is -9.33. The highest BCUT2D eigenvalue weighted by Gasteiger charge is 1.85. The molecule has 4 N–H and O–H groups in total. The number of hydrogen-bond donors (Lipinski definition) is 4. The predicted molar refractivity (Wildman–Crippen MR) is 59.5 cm³/mol. The van der Waals surface area contributed by atoms with Gasteiger partial charge >= 0.3 is 20.8 Å². The molecule has 8 nitrogen and oxygen atoms in total. The van der Waals surface area contributed by atoms with Crippen molar-refractivity contribution in [1.82, 2.24) is 0 Å². The number of aryl methyl sites for hydroxylation is 1. The molecule has 0 aliphatic rings. The van der Waals surface area contributed by atoms with E-state index in [9.17, 15) is 0 Å². The van der Waals surface area contributed by atoms with Crippen molar-refractivity contribution in [1.29, 1.82) is 0 Å². The highest BCUT2D eigenvalue weighted by molar-refractivity contribution is 7.80. The van der Waals surface area contributed by atoms with E-state index in [-0.39, 0.29) is 0 Å². The molecule has 0 amide bonds. The first-order chi connectivity index (χ1) is 7.39. The number of rotatable bonds is 0. The van der Waals surface area contributed by atoms with E-state index in [2.05, 4.69) is 19.1 Å². The Morgan fingerprint density at radius 1 is 0.765 bits per heavy atom. The SMILES string of the molecule is Cc1ccccc1.O=S(=O)(O)O.O=S(=O)(O)O. The van der Waals surface area contributed by atoms with Gasteiger partial charge in [-0.2, -0.15) is 16.8 Å². The van der Waals surface area contributed by atoms with Crippen LogP contribution in [0, 0.1) is 6.92 Å². The van der Waals surface area contributed by atoms with Gasteiger partial charge in [-0.15, -0.1) is 0 Å². The first-order valence-corrected chi connectivity index (χ1v) is 6.60. The molecule has 100 valence electrons. The molecule has 0 bridgehead atoms. The molecular formula is C7H12O8S2. The lowest BCUT2D eigenvalue weighted by molar-refractivity contribution is 0.378. The fraction of sp³-hybridized carbons (Fsp3) is 0.143. The van der Waals surface area contributed by atoms with Gasteiger partial charge in [-0.25, -0.2) is 0 Å². The Morgan fingerprint density at radius 3 is 1.12 bits per heavy atom. The van der Waals surface area contributed by atoms with Crippen LogP contribution in [0.4, 0.5) is 0 Å². The molecule has 1 aromatic rings. The molecule has 0 aromatic heterocycles. The first-order valence-electron chi connectivity index (χ1n) is 3.81. The van der Waals surface area contributed by atoms with E-state index in [1.54, 1.807) is 0 Å². The number of benzene rings is 1. The molecule has 1 rings (SSSR count). The highest BCUT2D eigenvalue weighted by Crippen LogP contribution is 1.92. The smallest absolute Gasteiger partial charge is 0.264 e. The molecule has 17 heavy (non-hydrogen) atoms. The van der Waals surface area contributed by atoms with E-state index in [0.717, 1.165) is 0 Å². The normalized spacial score (nSPS) is 10.4. The van der Waals surface area contributed by atoms with Crippen LogP contribution in [0.15, 0.2) is 30.3 Å². The van der Waals surface area contributed by atoms with Crippen LogP contribution in [-0.2, 0) is 20.8 Å². The van der Waals surface area contributed by atoms with Crippen LogP contribution in [0.5, 0.6) is 0 Å². The van der Waals surface area contributed by atoms with Crippen molar-refractivity contribution in [3.63, 3.8) is 0 Å². The van der Waals surface area contributed by atoms with Gasteiger partial charge in [0.1, 0.15) is 0 Å². The van der Waals surface area contributed by atoms with E-state index in [4.69, 9.17) is 35.0 Å². The Bertz CT molecular complexity index is 444. The van der Waals surface area contributed by atoms with Crippen molar-refractivity contribution < 1.29 is 35.0 Å². The van der Waals surface area contributed by atoms with Gasteiger partial charge in [-0.1, -0.05) is 35.9 Å². The van der Waals surface area contributed by atoms with Gasteiger partial charge in [0, 0.05) is 0 Å². The van der Waals surface area contributed by atoms with Crippen molar-refractivity contribution in [2.75, 3.05) is 0 Å². The van der Waals surface area contributed by atoms with E-state index >= 15 is 0 Å². The minimum atomic E-state index is -4.67. The Balaban J connectivity index is 0. The van der Waals surface area contributed by atoms with Crippen LogP contribution in [-0.4, -0.2) is 35.0 Å². The molecule has 10 heteroatoms. The lowest BCUT2D eigenvalue weighted by Gasteiger charge is -1.82. The Kier molecular flexibility index (Phi) is 8.74. The zero-order valence-electron chi connectivity index (χ0n) is 8.63. The van der Waals surface area contributed by atoms with E-state index in [0.29, 0.717) is 0 Å². The molecule has 0 radical (unpaired) electrons. The van der Waals surface area contributed by atoms with Gasteiger partial charge in [0.2, 0.25) is 0 Å². The molecule has 0 unspecified atom stereocenters. The fourth-order valence-corrected chi connectivity index (χ4v) is 0.534. The Hall–Kier alpha value is -1.04. The van der Waals surface area contributed by atoms with Crippen LogP contribution < -0.4 is 0 Å². The summed E-state index contributed by atoms with van der Waals surface area (Å²) in [5.74, 6) is 0. The van der Waals surface area contributed by atoms with Crippen molar-refractivity contribution in [3.8, 4) is 0 Å². The molecule has 0 aliphatic heterocycles. The second-order valence-corrected chi connectivity index (χ2v) is 4.34. The Morgan fingerprint density at radius 2 is 1.00 bits per heavy atom. The summed E-state index contributed by atoms with van der Waals surface area (Å²) in [6.45, 7) is 2.08. The van der Waals surface area contributed by atoms with Crippen molar-refractivity contribution >= 4 is 20.8 Å². The van der Waals surface area contributed by atoms with Gasteiger partial charge in [-0.3, -0.25) is 18.2 Å². The van der Waals surface area contributed by atoms with Crippen LogP contribution in [0.2, 0.25) is 0 Å². The topological polar surface area (TPSA) is 149 Å². The molecule has 0 fully saturated rings. The van der Waals surface area contributed by atoms with E-state index in [1.807, 2.05) is 18.2 Å². The average Bonchev–Trinajstić information content (AvgIpc) is 1.98. The quantitative estimate of drug-likeness (QED) is 0.509. The largest absolute Gasteiger partial charge is 0.394 e. The third-order valence-electron chi connectivity index (χ3n) is 0.940. The molecule has 1 aromatic carbocycles. The lowest BCUT2D eigenvalue weighted by atomic mass is 10.2. The fourth-order valence-electron chi connectivity index (χ4n) is 0.534. The second-order valence-electron chi connectivity index (χ2n) is 2.55. The van der Waals surface area contributed by atoms with Crippen molar-refractivity contribution in [2.45, 2.75) is 6.92 Å². The van der Waals surface area contributed by atoms with Crippen LogP contribution in [0.3, 0.4) is 0 Å². The van der Waals surface area contributed by atoms with Gasteiger partial charge in [0.15, 0.2) is 0 Å². The van der Waals surface area contributed by atoms with E-state index in [1.165, 1.54) is 5.56 Å². The zero-order valence-corrected chi connectivity index (χ0v) is 10.3. The van der Waals surface area contributed by atoms with Crippen molar-refractivity contribution in [3.05, 3.63) is 35.9 Å². The third kappa shape index (κ3) is 51.9. The highest BCUT2D eigenvalue weighted by atomic mass is 32.3. The summed E-state index contributed by atoms with van der Waals surface area (Å²) < 4.78 is 63.2. The molecule has 0 saturated carbocycles. The summed E-state index contributed by atoms with van der Waals surface area (Å²) in [5, 5.41) is 0. The average molecular weight is 288 g/mol. The number of hydrogen-bond acceptors (Lipinski definition) is 4. The van der Waals surface area contributed by atoms with Crippen LogP contribution in [0.25, 0.3) is 0 Å². The maximum Gasteiger partial charge on any atom is 0.394 e. The minimum Gasteiger partial charge on any atom is -0.264 e. The first kappa shape index (κ1) is 18.3. The lowest BCUT2D eigenvalue weighted by Crippen LogP contribution is -1.89. The molecule has 0 atom stereocenters. The predicted octanol–water partition coefficient (Wildman–Crippen LogP) is 0.689. The van der Waals surface area contributed by atoms with Gasteiger partial charge < -0.3 is 0 Å². The standard InChI is InChI=1S/C7H8.2H2O4S/c1-7-5-3-2-4-6-7;2*1-5(2,3)4/h2-6H,1H3;2*(H2,1,2,3,4). The summed E-state index contributed by atoms with van der Waals surface area (Å²) >= 11 is 0. The summed E-state index contributed by atoms with van der Waals surface area (Å²) in [4.78, 5) is 0. The molecule has 0 spiro atoms. The van der Waals surface area contributed by atoms with Gasteiger partial charge in [0.05, 0.1) is 0 Å². The third-order valence-corrected chi connectivity index (χ3v) is 0.940. The van der Waals surface area contributed by atoms with Crippen LogP contribution >= 0.6 is 0 Å². The Labute approximate surface area is 99.1 Å². The van der Waals surface area contributed by atoms with Crippen molar-refractivity contribution in [2.24, 2.45) is 0 Å². The minimum absolute atomic E-state index is 1.32. The molecule has 0 saturated heterocycles. The summed E-state index contributed by atoms with van der Waals surface area (Å²) in [6, 6.07) is 10.3. The molecule has 0 heterocycles. The van der Waals surface area contributed by atoms with Crippen LogP contribution in [0.1, 0.15) is 5.56 Å². The summed E-state index contributed by atoms with van der Waals surface area (Å²) in [5.41, 5.74) is 1.32. The molecule has 0 aliphatic carbocycles. The maximum absolute atomic E-state index is 8.74. The van der Waals surface area contributed by atoms with Gasteiger partial charge in [0.25, 0.3) is 0 Å². The second kappa shape index (κ2) is 8.11. The zero-order chi connectivity index (χ0) is 14.1. The van der Waals surface area contributed by atoms with Gasteiger partial charge in [-0.05, 0) is 6.92 Å². The molecular weight excluding hydrogens is 276 g/mol.